The summed E-state index contributed by atoms with van der Waals surface area (Å²) in [5.74, 6) is 0.274. The highest BCUT2D eigenvalue weighted by Crippen LogP contribution is 2.49. The molecule has 2 bridgehead atoms. The Kier molecular flexibility index (Phi) is 6.81. The van der Waals surface area contributed by atoms with E-state index >= 15 is 4.39 Å². The summed E-state index contributed by atoms with van der Waals surface area (Å²) in [4.78, 5) is 29.9. The largest absolute Gasteiger partial charge is 0.508 e. The number of hydrogen-bond donors (Lipinski definition) is 1. The minimum Gasteiger partial charge on any atom is -0.508 e. The number of anilines is 1. The van der Waals surface area contributed by atoms with Crippen molar-refractivity contribution in [2.24, 2.45) is 5.41 Å². The average Bonchev–Trinajstić information content (AvgIpc) is 3.43. The zero-order valence-electron chi connectivity index (χ0n) is 27.0. The van der Waals surface area contributed by atoms with Gasteiger partial charge in [-0.1, -0.05) is 30.3 Å². The second kappa shape index (κ2) is 11.0. The minimum atomic E-state index is -0.485. The van der Waals surface area contributed by atoms with Crippen LogP contribution < -0.4 is 9.64 Å². The first-order chi connectivity index (χ1) is 23.4. The maximum Gasteiger partial charge on any atom is 0.319 e. The zero-order valence-corrected chi connectivity index (χ0v) is 27.0. The van der Waals surface area contributed by atoms with Crippen LogP contribution in [0.25, 0.3) is 32.8 Å². The lowest BCUT2D eigenvalue weighted by Crippen LogP contribution is -2.56. The number of nitriles is 1. The minimum absolute atomic E-state index is 0.00679. The quantitative estimate of drug-likeness (QED) is 0.254. The van der Waals surface area contributed by atoms with Crippen LogP contribution in [0.1, 0.15) is 57.8 Å². The molecule has 10 heteroatoms. The molecule has 5 heterocycles. The van der Waals surface area contributed by atoms with Crippen molar-refractivity contribution in [1.82, 2.24) is 19.8 Å². The molecule has 1 aromatic heterocycles. The van der Waals surface area contributed by atoms with Crippen molar-refractivity contribution in [3.63, 3.8) is 0 Å². The molecule has 48 heavy (non-hydrogen) atoms. The Balaban J connectivity index is 1.10. The van der Waals surface area contributed by atoms with E-state index in [0.717, 1.165) is 75.2 Å². The van der Waals surface area contributed by atoms with Crippen LogP contribution in [-0.4, -0.2) is 81.2 Å². The molecule has 2 unspecified atom stereocenters. The van der Waals surface area contributed by atoms with Gasteiger partial charge in [0.2, 0.25) is 5.91 Å². The lowest BCUT2D eigenvalue weighted by atomic mass is 9.95. The van der Waals surface area contributed by atoms with E-state index in [1.54, 1.807) is 18.2 Å². The van der Waals surface area contributed by atoms with Gasteiger partial charge in [-0.3, -0.25) is 9.69 Å². The van der Waals surface area contributed by atoms with Crippen LogP contribution in [0.15, 0.2) is 48.5 Å². The molecule has 9 rings (SSSR count). The third-order valence-electron chi connectivity index (χ3n) is 11.8. The summed E-state index contributed by atoms with van der Waals surface area (Å²) in [6, 6.07) is 17.1. The summed E-state index contributed by atoms with van der Waals surface area (Å²) >= 11 is 0. The second-order valence-corrected chi connectivity index (χ2v) is 14.7. The summed E-state index contributed by atoms with van der Waals surface area (Å²) in [6.45, 7) is 3.76. The lowest BCUT2D eigenvalue weighted by Gasteiger charge is -2.42. The molecule has 2 atom stereocenters. The van der Waals surface area contributed by atoms with Crippen molar-refractivity contribution in [2.45, 2.75) is 75.4 Å². The molecule has 1 amide bonds. The SMILES string of the molecule is N#CC1(CC(=O)N2C3CCC2CN(c2nc(OCC45CCCN4CCC5)nc4c(F)c(-c5cc(O)cc6ccccc56)ccc24)C3)CC1. The van der Waals surface area contributed by atoms with Gasteiger partial charge in [0.1, 0.15) is 23.7 Å². The highest BCUT2D eigenvalue weighted by atomic mass is 19.1. The number of nitrogens with zero attached hydrogens (tertiary/aromatic N) is 6. The van der Waals surface area contributed by atoms with Gasteiger partial charge in [-0.2, -0.15) is 15.2 Å². The van der Waals surface area contributed by atoms with Crippen LogP contribution in [0, 0.1) is 22.6 Å². The first-order valence-electron chi connectivity index (χ1n) is 17.4. The van der Waals surface area contributed by atoms with E-state index in [9.17, 15) is 15.2 Å². The number of carbonyl (C=O) groups excluding carboxylic acids is 1. The number of piperazine rings is 1. The Morgan fingerprint density at radius 2 is 1.73 bits per heavy atom. The fourth-order valence-electron chi connectivity index (χ4n) is 9.16. The Bertz CT molecular complexity index is 1980. The highest BCUT2D eigenvalue weighted by molar-refractivity contribution is 6.01. The van der Waals surface area contributed by atoms with Gasteiger partial charge in [0.25, 0.3) is 0 Å². The predicted molar refractivity (Wildman–Crippen MR) is 180 cm³/mol. The molecular weight excluding hydrogens is 607 g/mol. The number of phenolic OH excluding ortho intramolecular Hbond substituents is 1. The van der Waals surface area contributed by atoms with Gasteiger partial charge in [0.15, 0.2) is 5.82 Å². The van der Waals surface area contributed by atoms with Gasteiger partial charge in [0.05, 0.1) is 17.0 Å². The standard InChI is InChI=1S/C38H39FN6O3/c39-33-29(31-18-27(46)17-24-5-1-2-6-28(24)31)9-10-30-34(33)41-36(48-23-38-11-3-15-44(38)16-4-12-38)42-35(30)43-20-25-7-8-26(21-43)45(25)32(47)19-37(22-40)13-14-37/h1-2,5-6,9-10,17-18,25-26,46H,3-4,7-8,11-16,19-21,23H2. The van der Waals surface area contributed by atoms with Gasteiger partial charge in [-0.05, 0) is 99.0 Å². The van der Waals surface area contributed by atoms with Gasteiger partial charge in [-0.25, -0.2) is 4.39 Å². The normalized spacial score (nSPS) is 23.8. The fourth-order valence-corrected chi connectivity index (χ4v) is 9.16. The van der Waals surface area contributed by atoms with E-state index < -0.39 is 11.2 Å². The molecule has 1 N–H and O–H groups in total. The predicted octanol–water partition coefficient (Wildman–Crippen LogP) is 6.18. The van der Waals surface area contributed by atoms with Crippen LogP contribution in [0.2, 0.25) is 0 Å². The summed E-state index contributed by atoms with van der Waals surface area (Å²) in [5, 5.41) is 22.4. The molecule has 4 saturated heterocycles. The Morgan fingerprint density at radius 3 is 2.46 bits per heavy atom. The van der Waals surface area contributed by atoms with Gasteiger partial charge < -0.3 is 19.6 Å². The monoisotopic (exact) mass is 646 g/mol. The van der Waals surface area contributed by atoms with Crippen molar-refractivity contribution >= 4 is 33.4 Å². The first-order valence-corrected chi connectivity index (χ1v) is 17.4. The van der Waals surface area contributed by atoms with Crippen LogP contribution in [0.3, 0.4) is 0 Å². The van der Waals surface area contributed by atoms with Gasteiger partial charge in [0, 0.05) is 42.5 Å². The Morgan fingerprint density at radius 1 is 0.979 bits per heavy atom. The third-order valence-corrected chi connectivity index (χ3v) is 11.8. The van der Waals surface area contributed by atoms with Crippen molar-refractivity contribution in [2.75, 3.05) is 37.7 Å². The number of aromatic nitrogens is 2. The molecule has 246 valence electrons. The molecule has 1 saturated carbocycles. The molecule has 0 radical (unpaired) electrons. The maximum atomic E-state index is 16.9. The molecule has 4 aliphatic heterocycles. The molecule has 0 spiro atoms. The topological polar surface area (TPSA) is 106 Å². The lowest BCUT2D eigenvalue weighted by molar-refractivity contribution is -0.135. The molecule has 5 fully saturated rings. The van der Waals surface area contributed by atoms with Crippen LogP contribution >= 0.6 is 0 Å². The van der Waals surface area contributed by atoms with Gasteiger partial charge >= 0.3 is 6.01 Å². The van der Waals surface area contributed by atoms with E-state index in [1.807, 2.05) is 35.2 Å². The Labute approximate surface area is 278 Å². The fraction of sp³-hybridized carbons (Fsp3) is 0.474. The summed E-state index contributed by atoms with van der Waals surface area (Å²) in [5.41, 5.74) is 0.626. The van der Waals surface area contributed by atoms with Crippen LogP contribution in [0.4, 0.5) is 10.2 Å². The first kappa shape index (κ1) is 29.6. The van der Waals surface area contributed by atoms with Crippen LogP contribution in [0.5, 0.6) is 11.8 Å². The van der Waals surface area contributed by atoms with Crippen molar-refractivity contribution < 1.29 is 19.0 Å². The van der Waals surface area contributed by atoms with E-state index in [2.05, 4.69) is 15.9 Å². The molecular formula is C38H39FN6O3. The molecule has 9 nitrogen and oxygen atoms in total. The number of aromatic hydroxyl groups is 1. The van der Waals surface area contributed by atoms with E-state index in [1.165, 1.54) is 0 Å². The van der Waals surface area contributed by atoms with Crippen molar-refractivity contribution in [1.29, 1.82) is 5.26 Å². The second-order valence-electron chi connectivity index (χ2n) is 14.7. The molecule has 5 aliphatic rings. The number of benzene rings is 3. The van der Waals surface area contributed by atoms with Gasteiger partial charge in [-0.15, -0.1) is 0 Å². The number of rotatable bonds is 7. The maximum absolute atomic E-state index is 16.9. The average molecular weight is 647 g/mol. The summed E-state index contributed by atoms with van der Waals surface area (Å²) in [7, 11) is 0. The molecule has 1 aliphatic carbocycles. The number of hydrogen-bond acceptors (Lipinski definition) is 8. The highest BCUT2D eigenvalue weighted by Gasteiger charge is 2.50. The number of phenols is 1. The third kappa shape index (κ3) is 4.77. The molecule has 4 aromatic rings. The van der Waals surface area contributed by atoms with Crippen molar-refractivity contribution in [3.8, 4) is 29.0 Å². The van der Waals surface area contributed by atoms with Crippen molar-refractivity contribution in [3.05, 3.63) is 54.3 Å². The van der Waals surface area contributed by atoms with Crippen LogP contribution in [-0.2, 0) is 4.79 Å². The number of ether oxygens (including phenoxy) is 1. The molecule has 3 aromatic carbocycles. The number of halogens is 1. The summed E-state index contributed by atoms with van der Waals surface area (Å²) in [6.07, 6.45) is 8.10. The summed E-state index contributed by atoms with van der Waals surface area (Å²) < 4.78 is 23.3. The van der Waals surface area contributed by atoms with E-state index in [0.29, 0.717) is 48.4 Å². The Hall–Kier alpha value is -4.49. The van der Waals surface area contributed by atoms with E-state index in [-0.39, 0.29) is 40.8 Å². The number of fused-ring (bicyclic) bond motifs is 5. The number of amides is 1. The number of carbonyl (C=O) groups is 1. The van der Waals surface area contributed by atoms with E-state index in [4.69, 9.17) is 14.7 Å². The zero-order chi connectivity index (χ0) is 32.6. The smallest absolute Gasteiger partial charge is 0.319 e.